The Morgan fingerprint density at radius 2 is 1.76 bits per heavy atom. The standard InChI is InChI=1S/C19H29BrN2O2.ClH/c20-17-8-6-16(7-9-17)19(10-13-24-14-11-19)15-22-18(23)5-3-1-2-4-12-21;/h6-9H,1-5,10-15,21H2,(H,22,23);1H. The van der Waals surface area contributed by atoms with E-state index in [0.29, 0.717) is 13.0 Å². The van der Waals surface area contributed by atoms with Crippen LogP contribution in [0.1, 0.15) is 50.5 Å². The van der Waals surface area contributed by atoms with Gasteiger partial charge in [-0.3, -0.25) is 4.79 Å². The minimum Gasteiger partial charge on any atom is -0.381 e. The first-order valence-corrected chi connectivity index (χ1v) is 9.76. The molecule has 0 atom stereocenters. The molecule has 1 fully saturated rings. The maximum absolute atomic E-state index is 12.2. The van der Waals surface area contributed by atoms with E-state index in [4.69, 9.17) is 10.5 Å². The minimum atomic E-state index is -0.00579. The van der Waals surface area contributed by atoms with Crippen LogP contribution in [0.4, 0.5) is 0 Å². The van der Waals surface area contributed by atoms with Crippen LogP contribution >= 0.6 is 28.3 Å². The molecule has 0 radical (unpaired) electrons. The van der Waals surface area contributed by atoms with Gasteiger partial charge in [-0.05, 0) is 49.9 Å². The molecule has 0 spiro atoms. The summed E-state index contributed by atoms with van der Waals surface area (Å²) in [4.78, 5) is 12.2. The van der Waals surface area contributed by atoms with Gasteiger partial charge in [-0.15, -0.1) is 12.4 Å². The highest BCUT2D eigenvalue weighted by molar-refractivity contribution is 9.10. The number of carbonyl (C=O) groups excluding carboxylic acids is 1. The molecule has 3 N–H and O–H groups in total. The van der Waals surface area contributed by atoms with Crippen LogP contribution < -0.4 is 11.1 Å². The number of ether oxygens (including phenoxy) is 1. The molecule has 1 amide bonds. The number of amides is 1. The van der Waals surface area contributed by atoms with Crippen molar-refractivity contribution in [2.45, 2.75) is 50.4 Å². The van der Waals surface area contributed by atoms with E-state index in [1.165, 1.54) is 5.56 Å². The predicted octanol–water partition coefficient (Wildman–Crippen LogP) is 3.94. The van der Waals surface area contributed by atoms with Gasteiger partial charge in [0.2, 0.25) is 5.91 Å². The third-order valence-electron chi connectivity index (χ3n) is 4.89. The molecule has 6 heteroatoms. The van der Waals surface area contributed by atoms with E-state index >= 15 is 0 Å². The molecule has 1 aromatic carbocycles. The first kappa shape index (κ1) is 22.4. The van der Waals surface area contributed by atoms with E-state index in [1.54, 1.807) is 0 Å². The minimum absolute atomic E-state index is 0. The molecule has 0 saturated carbocycles. The number of carbonyl (C=O) groups is 1. The highest BCUT2D eigenvalue weighted by Gasteiger charge is 2.34. The van der Waals surface area contributed by atoms with E-state index in [2.05, 4.69) is 45.5 Å². The topological polar surface area (TPSA) is 64.4 Å². The molecule has 0 aliphatic carbocycles. The summed E-state index contributed by atoms with van der Waals surface area (Å²) < 4.78 is 6.63. The Bertz CT molecular complexity index is 505. The number of hydrogen-bond acceptors (Lipinski definition) is 3. The van der Waals surface area contributed by atoms with E-state index in [1.807, 2.05) is 0 Å². The Balaban J connectivity index is 0.00000312. The first-order chi connectivity index (χ1) is 11.7. The molecule has 4 nitrogen and oxygen atoms in total. The zero-order valence-electron chi connectivity index (χ0n) is 14.8. The predicted molar refractivity (Wildman–Crippen MR) is 108 cm³/mol. The summed E-state index contributed by atoms with van der Waals surface area (Å²) in [6.45, 7) is 2.94. The van der Waals surface area contributed by atoms with Gasteiger partial charge in [0.25, 0.3) is 0 Å². The lowest BCUT2D eigenvalue weighted by Crippen LogP contribution is -2.44. The molecule has 1 saturated heterocycles. The molecular weight excluding hydrogens is 404 g/mol. The number of nitrogens with two attached hydrogens (primary N) is 1. The second kappa shape index (κ2) is 11.9. The van der Waals surface area contributed by atoms with Crippen molar-refractivity contribution in [1.29, 1.82) is 0 Å². The van der Waals surface area contributed by atoms with Gasteiger partial charge in [-0.1, -0.05) is 40.9 Å². The second-order valence-corrected chi connectivity index (χ2v) is 7.54. The summed E-state index contributed by atoms with van der Waals surface area (Å²) in [7, 11) is 0. The highest BCUT2D eigenvalue weighted by Crippen LogP contribution is 2.35. The van der Waals surface area contributed by atoms with Crippen molar-refractivity contribution in [3.63, 3.8) is 0 Å². The van der Waals surface area contributed by atoms with Gasteiger partial charge >= 0.3 is 0 Å². The van der Waals surface area contributed by atoms with Gasteiger partial charge < -0.3 is 15.8 Å². The maximum Gasteiger partial charge on any atom is 0.220 e. The van der Waals surface area contributed by atoms with Crippen molar-refractivity contribution < 1.29 is 9.53 Å². The number of benzene rings is 1. The van der Waals surface area contributed by atoms with Gasteiger partial charge in [0, 0.05) is 36.1 Å². The normalized spacial score (nSPS) is 16.1. The van der Waals surface area contributed by atoms with Crippen molar-refractivity contribution in [1.82, 2.24) is 5.32 Å². The molecule has 25 heavy (non-hydrogen) atoms. The van der Waals surface area contributed by atoms with Crippen molar-refractivity contribution in [2.24, 2.45) is 5.73 Å². The van der Waals surface area contributed by atoms with Crippen molar-refractivity contribution in [2.75, 3.05) is 26.3 Å². The van der Waals surface area contributed by atoms with E-state index in [-0.39, 0.29) is 23.7 Å². The van der Waals surface area contributed by atoms with E-state index in [9.17, 15) is 4.79 Å². The van der Waals surface area contributed by atoms with Crippen molar-refractivity contribution in [3.8, 4) is 0 Å². The van der Waals surface area contributed by atoms with Crippen LogP contribution in [0.3, 0.4) is 0 Å². The molecule has 1 aliphatic rings. The Kier molecular flexibility index (Phi) is 10.7. The fourth-order valence-electron chi connectivity index (χ4n) is 3.27. The third kappa shape index (κ3) is 7.26. The quantitative estimate of drug-likeness (QED) is 0.580. The Labute approximate surface area is 165 Å². The molecule has 142 valence electrons. The monoisotopic (exact) mass is 432 g/mol. The summed E-state index contributed by atoms with van der Waals surface area (Å²) in [5, 5.41) is 3.17. The lowest BCUT2D eigenvalue weighted by molar-refractivity contribution is -0.121. The number of unbranched alkanes of at least 4 members (excludes halogenated alkanes) is 3. The lowest BCUT2D eigenvalue weighted by atomic mass is 9.74. The summed E-state index contributed by atoms with van der Waals surface area (Å²) in [5.41, 5.74) is 6.77. The smallest absolute Gasteiger partial charge is 0.220 e. The summed E-state index contributed by atoms with van der Waals surface area (Å²) in [6.07, 6.45) is 6.70. The number of rotatable bonds is 9. The molecule has 0 aromatic heterocycles. The van der Waals surface area contributed by atoms with Gasteiger partial charge in [-0.2, -0.15) is 0 Å². The molecule has 1 aliphatic heterocycles. The van der Waals surface area contributed by atoms with Crippen molar-refractivity contribution >= 4 is 34.2 Å². The number of halogens is 2. The van der Waals surface area contributed by atoms with Gasteiger partial charge in [0.1, 0.15) is 0 Å². The maximum atomic E-state index is 12.2. The zero-order valence-corrected chi connectivity index (χ0v) is 17.2. The fourth-order valence-corrected chi connectivity index (χ4v) is 3.54. The van der Waals surface area contributed by atoms with Gasteiger partial charge in [-0.25, -0.2) is 0 Å². The largest absolute Gasteiger partial charge is 0.381 e. The van der Waals surface area contributed by atoms with Crippen LogP contribution in [-0.2, 0) is 14.9 Å². The molecule has 0 bridgehead atoms. The zero-order chi connectivity index (χ0) is 17.3. The molecule has 2 rings (SSSR count). The van der Waals surface area contributed by atoms with Crippen LogP contribution in [0.2, 0.25) is 0 Å². The third-order valence-corrected chi connectivity index (χ3v) is 5.42. The highest BCUT2D eigenvalue weighted by atomic mass is 79.9. The van der Waals surface area contributed by atoms with E-state index in [0.717, 1.165) is 62.8 Å². The van der Waals surface area contributed by atoms with Gasteiger partial charge in [0.15, 0.2) is 0 Å². The lowest BCUT2D eigenvalue weighted by Gasteiger charge is -2.38. The van der Waals surface area contributed by atoms with Crippen LogP contribution in [0.5, 0.6) is 0 Å². The van der Waals surface area contributed by atoms with Crippen LogP contribution in [0.25, 0.3) is 0 Å². The number of nitrogens with one attached hydrogen (secondary N) is 1. The molecule has 1 heterocycles. The first-order valence-electron chi connectivity index (χ1n) is 8.97. The fraction of sp³-hybridized carbons (Fsp3) is 0.632. The average Bonchev–Trinajstić information content (AvgIpc) is 2.61. The average molecular weight is 434 g/mol. The Morgan fingerprint density at radius 1 is 1.12 bits per heavy atom. The van der Waals surface area contributed by atoms with Crippen LogP contribution in [0, 0.1) is 0 Å². The number of hydrogen-bond donors (Lipinski definition) is 2. The Morgan fingerprint density at radius 3 is 2.40 bits per heavy atom. The summed E-state index contributed by atoms with van der Waals surface area (Å²) >= 11 is 3.49. The van der Waals surface area contributed by atoms with Crippen LogP contribution in [-0.4, -0.2) is 32.2 Å². The van der Waals surface area contributed by atoms with Gasteiger partial charge in [0.05, 0.1) is 0 Å². The second-order valence-electron chi connectivity index (χ2n) is 6.63. The molecule has 1 aromatic rings. The van der Waals surface area contributed by atoms with Crippen molar-refractivity contribution in [3.05, 3.63) is 34.3 Å². The molecular formula is C19H30BrClN2O2. The van der Waals surface area contributed by atoms with Crippen LogP contribution in [0.15, 0.2) is 28.7 Å². The summed E-state index contributed by atoms with van der Waals surface area (Å²) in [5.74, 6) is 0.158. The molecule has 0 unspecified atom stereocenters. The Hall–Kier alpha value is -0.620. The summed E-state index contributed by atoms with van der Waals surface area (Å²) in [6, 6.07) is 8.47. The van der Waals surface area contributed by atoms with E-state index < -0.39 is 0 Å². The SMILES string of the molecule is Cl.NCCCCCCC(=O)NCC1(c2ccc(Br)cc2)CCOCC1.